The molecule has 0 aliphatic carbocycles. The molecule has 0 spiro atoms. The maximum absolute atomic E-state index is 12.2. The molecule has 4 aromatic heterocycles. The summed E-state index contributed by atoms with van der Waals surface area (Å²) in [5.74, 6) is 0.162. The van der Waals surface area contributed by atoms with Crippen molar-refractivity contribution in [2.24, 2.45) is 0 Å². The van der Waals surface area contributed by atoms with Gasteiger partial charge in [0.25, 0.3) is 0 Å². The van der Waals surface area contributed by atoms with E-state index in [4.69, 9.17) is 0 Å². The van der Waals surface area contributed by atoms with Gasteiger partial charge in [-0.1, -0.05) is 0 Å². The number of fused-ring (bicyclic) bond motifs is 2. The molecule has 6 nitrogen and oxygen atoms in total. The number of nitrogens with zero attached hydrogens (tertiary/aromatic N) is 4. The number of H-pyrrole nitrogens is 1. The van der Waals surface area contributed by atoms with Crippen LogP contribution >= 0.6 is 0 Å². The van der Waals surface area contributed by atoms with E-state index in [1.807, 2.05) is 28.9 Å². The Balaban J connectivity index is 1.61. The van der Waals surface area contributed by atoms with Gasteiger partial charge in [-0.25, -0.2) is 9.97 Å². The van der Waals surface area contributed by atoms with Gasteiger partial charge in [0, 0.05) is 54.0 Å². The predicted octanol–water partition coefficient (Wildman–Crippen LogP) is 3.64. The molecule has 0 atom stereocenters. The fourth-order valence-electron chi connectivity index (χ4n) is 2.63. The van der Waals surface area contributed by atoms with E-state index in [1.165, 1.54) is 0 Å². The number of imidazole rings is 1. The molecule has 0 bridgehead atoms. The number of nitrogens with one attached hydrogen (secondary N) is 2. The van der Waals surface area contributed by atoms with Crippen molar-refractivity contribution in [2.45, 2.75) is 12.6 Å². The third-order valence-electron chi connectivity index (χ3n) is 3.82. The second-order valence-electron chi connectivity index (χ2n) is 5.56. The highest BCUT2D eigenvalue weighted by molar-refractivity contribution is 5.93. The second kappa shape index (κ2) is 5.76. The molecule has 0 radical (unpaired) electrons. The first kappa shape index (κ1) is 15.4. The second-order valence-corrected chi connectivity index (χ2v) is 5.56. The van der Waals surface area contributed by atoms with E-state index in [-0.39, 0.29) is 12.5 Å². The molecule has 0 amide bonds. The number of pyridine rings is 1. The Labute approximate surface area is 139 Å². The molecule has 128 valence electrons. The van der Waals surface area contributed by atoms with Gasteiger partial charge in [0.05, 0.1) is 6.42 Å². The van der Waals surface area contributed by atoms with Crippen LogP contribution < -0.4 is 5.32 Å². The molecule has 0 saturated carbocycles. The maximum Gasteiger partial charge on any atom is 0.390 e. The zero-order valence-corrected chi connectivity index (χ0v) is 12.9. The van der Waals surface area contributed by atoms with E-state index in [0.717, 1.165) is 22.2 Å². The summed E-state index contributed by atoms with van der Waals surface area (Å²) in [6, 6.07) is 3.85. The number of halogens is 3. The van der Waals surface area contributed by atoms with E-state index in [2.05, 4.69) is 25.3 Å². The highest BCUT2D eigenvalue weighted by Crippen LogP contribution is 2.28. The summed E-state index contributed by atoms with van der Waals surface area (Å²) in [6.45, 7) is -0.264. The number of rotatable bonds is 4. The van der Waals surface area contributed by atoms with Crippen LogP contribution in [-0.2, 0) is 0 Å². The summed E-state index contributed by atoms with van der Waals surface area (Å²) in [5.41, 5.74) is 3.27. The normalized spacial score (nSPS) is 12.1. The molecule has 25 heavy (non-hydrogen) atoms. The number of aromatic nitrogens is 5. The SMILES string of the molecule is FC(F)(F)CCNc1ncc2c(-c3ccc4nccn4c3)c[nH]c2n1. The lowest BCUT2D eigenvalue weighted by Gasteiger charge is -2.07. The van der Waals surface area contributed by atoms with Gasteiger partial charge in [-0.3, -0.25) is 0 Å². The van der Waals surface area contributed by atoms with E-state index in [0.29, 0.717) is 5.65 Å². The zero-order chi connectivity index (χ0) is 17.4. The van der Waals surface area contributed by atoms with Crippen molar-refractivity contribution < 1.29 is 13.2 Å². The van der Waals surface area contributed by atoms with Crippen molar-refractivity contribution >= 4 is 22.6 Å². The molecular formula is C16H13F3N6. The largest absolute Gasteiger partial charge is 0.390 e. The summed E-state index contributed by atoms with van der Waals surface area (Å²) >= 11 is 0. The lowest BCUT2D eigenvalue weighted by atomic mass is 10.1. The van der Waals surface area contributed by atoms with Crippen molar-refractivity contribution in [3.8, 4) is 11.1 Å². The van der Waals surface area contributed by atoms with Crippen LogP contribution in [0.3, 0.4) is 0 Å². The van der Waals surface area contributed by atoms with Crippen molar-refractivity contribution in [1.82, 2.24) is 24.3 Å². The van der Waals surface area contributed by atoms with Gasteiger partial charge in [0.1, 0.15) is 11.3 Å². The molecule has 2 N–H and O–H groups in total. The van der Waals surface area contributed by atoms with E-state index < -0.39 is 12.6 Å². The van der Waals surface area contributed by atoms with Gasteiger partial charge in [0.2, 0.25) is 5.95 Å². The first-order chi connectivity index (χ1) is 12.0. The summed E-state index contributed by atoms with van der Waals surface area (Å²) < 4.78 is 38.5. The Morgan fingerprint density at radius 1 is 1.20 bits per heavy atom. The van der Waals surface area contributed by atoms with Gasteiger partial charge in [-0.2, -0.15) is 18.2 Å². The van der Waals surface area contributed by atoms with Crippen molar-refractivity contribution in [3.63, 3.8) is 0 Å². The van der Waals surface area contributed by atoms with E-state index in [9.17, 15) is 13.2 Å². The molecule has 0 saturated heterocycles. The number of hydrogen-bond donors (Lipinski definition) is 2. The highest BCUT2D eigenvalue weighted by Gasteiger charge is 2.26. The molecule has 0 aliphatic rings. The third-order valence-corrected chi connectivity index (χ3v) is 3.82. The smallest absolute Gasteiger partial charge is 0.354 e. The van der Waals surface area contributed by atoms with Crippen LogP contribution in [-0.4, -0.2) is 37.1 Å². The number of alkyl halides is 3. The maximum atomic E-state index is 12.2. The van der Waals surface area contributed by atoms with Crippen LogP contribution in [0, 0.1) is 0 Å². The van der Waals surface area contributed by atoms with Crippen molar-refractivity contribution in [2.75, 3.05) is 11.9 Å². The van der Waals surface area contributed by atoms with Crippen molar-refractivity contribution in [3.05, 3.63) is 43.1 Å². The molecule has 9 heteroatoms. The first-order valence-electron chi connectivity index (χ1n) is 7.57. The molecule has 0 unspecified atom stereocenters. The minimum absolute atomic E-state index is 0.162. The van der Waals surface area contributed by atoms with Crippen LogP contribution in [0.5, 0.6) is 0 Å². The topological polar surface area (TPSA) is 70.9 Å². The summed E-state index contributed by atoms with van der Waals surface area (Å²) in [4.78, 5) is 15.6. The molecule has 4 aromatic rings. The predicted molar refractivity (Wildman–Crippen MR) is 87.2 cm³/mol. The van der Waals surface area contributed by atoms with Crippen LogP contribution in [0.1, 0.15) is 6.42 Å². The van der Waals surface area contributed by atoms with Gasteiger partial charge in [-0.05, 0) is 12.1 Å². The fraction of sp³-hybridized carbons (Fsp3) is 0.188. The molecule has 4 heterocycles. The Hall–Kier alpha value is -3.10. The lowest BCUT2D eigenvalue weighted by Crippen LogP contribution is -2.15. The van der Waals surface area contributed by atoms with Gasteiger partial charge < -0.3 is 14.7 Å². The lowest BCUT2D eigenvalue weighted by molar-refractivity contribution is -0.131. The van der Waals surface area contributed by atoms with Crippen molar-refractivity contribution in [1.29, 1.82) is 0 Å². The summed E-state index contributed by atoms with van der Waals surface area (Å²) in [5, 5.41) is 3.38. The summed E-state index contributed by atoms with van der Waals surface area (Å²) in [6.07, 6.45) is 3.78. The number of aromatic amines is 1. The minimum atomic E-state index is -4.21. The summed E-state index contributed by atoms with van der Waals surface area (Å²) in [7, 11) is 0. The number of hydrogen-bond acceptors (Lipinski definition) is 4. The highest BCUT2D eigenvalue weighted by atomic mass is 19.4. The van der Waals surface area contributed by atoms with Gasteiger partial charge in [-0.15, -0.1) is 0 Å². The standard InChI is InChI=1S/C16H13F3N6/c17-16(18,19)3-4-21-15-23-8-12-11(7-22-14(12)24-15)10-1-2-13-20-5-6-25(13)9-10/h1-2,5-9H,3-4H2,(H2,21,22,23,24). The van der Waals surface area contributed by atoms with Crippen LogP contribution in [0.25, 0.3) is 27.8 Å². The molecule has 0 aromatic carbocycles. The van der Waals surface area contributed by atoms with Crippen LogP contribution in [0.15, 0.2) is 43.1 Å². The van der Waals surface area contributed by atoms with E-state index >= 15 is 0 Å². The minimum Gasteiger partial charge on any atom is -0.354 e. The Morgan fingerprint density at radius 3 is 2.92 bits per heavy atom. The Bertz CT molecular complexity index is 1030. The monoisotopic (exact) mass is 346 g/mol. The molecule has 0 fully saturated rings. The first-order valence-corrected chi connectivity index (χ1v) is 7.57. The Kier molecular flexibility index (Phi) is 3.56. The van der Waals surface area contributed by atoms with Crippen LogP contribution in [0.4, 0.5) is 19.1 Å². The number of anilines is 1. The third kappa shape index (κ3) is 3.12. The average Bonchev–Trinajstić information content (AvgIpc) is 3.19. The molecular weight excluding hydrogens is 333 g/mol. The van der Waals surface area contributed by atoms with Gasteiger partial charge >= 0.3 is 6.18 Å². The average molecular weight is 346 g/mol. The fourth-order valence-corrected chi connectivity index (χ4v) is 2.63. The van der Waals surface area contributed by atoms with Gasteiger partial charge in [0.15, 0.2) is 0 Å². The quantitative estimate of drug-likeness (QED) is 0.592. The Morgan fingerprint density at radius 2 is 2.08 bits per heavy atom. The molecule has 4 rings (SSSR count). The van der Waals surface area contributed by atoms with Crippen LogP contribution in [0.2, 0.25) is 0 Å². The zero-order valence-electron chi connectivity index (χ0n) is 12.9. The van der Waals surface area contributed by atoms with E-state index in [1.54, 1.807) is 18.6 Å². The molecule has 0 aliphatic heterocycles.